The number of fused-ring (bicyclic) bond motifs is 1. The van der Waals surface area contributed by atoms with Gasteiger partial charge in [0.15, 0.2) is 5.82 Å². The summed E-state index contributed by atoms with van der Waals surface area (Å²) >= 11 is 0. The summed E-state index contributed by atoms with van der Waals surface area (Å²) in [4.78, 5) is 28.0. The highest BCUT2D eigenvalue weighted by atomic mass is 16.2. The summed E-state index contributed by atoms with van der Waals surface area (Å²) in [6.07, 6.45) is 4.35. The predicted octanol–water partition coefficient (Wildman–Crippen LogP) is 3.26. The van der Waals surface area contributed by atoms with Gasteiger partial charge in [0, 0.05) is 41.3 Å². The molecule has 2 aromatic heterocycles. The molecule has 0 fully saturated rings. The van der Waals surface area contributed by atoms with Crippen LogP contribution in [0.1, 0.15) is 34.2 Å². The predicted molar refractivity (Wildman–Crippen MR) is 94.7 cm³/mol. The fraction of sp³-hybridized carbons (Fsp3) is 0.200. The Kier molecular flexibility index (Phi) is 3.98. The van der Waals surface area contributed by atoms with E-state index in [0.717, 1.165) is 28.9 Å². The zero-order valence-electron chi connectivity index (χ0n) is 14.0. The Balaban J connectivity index is 1.57. The highest BCUT2D eigenvalue weighted by molar-refractivity contribution is 5.94. The smallest absolute Gasteiger partial charge is 0.254 e. The zero-order valence-corrected chi connectivity index (χ0v) is 14.0. The third-order valence-electron chi connectivity index (χ3n) is 4.40. The van der Waals surface area contributed by atoms with Gasteiger partial charge < -0.3 is 4.90 Å². The Morgan fingerprint density at radius 2 is 1.96 bits per heavy atom. The molecule has 1 amide bonds. The molecule has 124 valence electrons. The van der Waals surface area contributed by atoms with Gasteiger partial charge >= 0.3 is 0 Å². The lowest BCUT2D eigenvalue weighted by Gasteiger charge is -2.15. The Labute approximate surface area is 146 Å². The molecule has 5 heteroatoms. The standard InChI is InChI=1S/C20H18N4O/c1-2-17-10-15(8-9-21-17)20(25)24-12-16-11-22-19(23-18(16)13-24)14-6-4-3-5-7-14/h3-11H,2,12-13H2,1H3. The fourth-order valence-electron chi connectivity index (χ4n) is 3.01. The average Bonchev–Trinajstić information content (AvgIpc) is 3.11. The number of carbonyl (C=O) groups is 1. The van der Waals surface area contributed by atoms with Crippen molar-refractivity contribution in [1.82, 2.24) is 19.9 Å². The molecular formula is C20H18N4O. The van der Waals surface area contributed by atoms with E-state index in [1.165, 1.54) is 0 Å². The van der Waals surface area contributed by atoms with Gasteiger partial charge in [-0.1, -0.05) is 37.3 Å². The van der Waals surface area contributed by atoms with Crippen LogP contribution in [0.15, 0.2) is 54.9 Å². The fourth-order valence-corrected chi connectivity index (χ4v) is 3.01. The van der Waals surface area contributed by atoms with E-state index in [4.69, 9.17) is 0 Å². The molecule has 0 aliphatic carbocycles. The van der Waals surface area contributed by atoms with Crippen molar-refractivity contribution in [1.29, 1.82) is 0 Å². The molecule has 0 radical (unpaired) electrons. The maximum atomic E-state index is 12.8. The van der Waals surface area contributed by atoms with Gasteiger partial charge in [-0.25, -0.2) is 9.97 Å². The summed E-state index contributed by atoms with van der Waals surface area (Å²) in [7, 11) is 0. The molecule has 0 bridgehead atoms. The zero-order chi connectivity index (χ0) is 17.2. The molecule has 3 aromatic rings. The molecule has 0 spiro atoms. The number of amides is 1. The lowest BCUT2D eigenvalue weighted by molar-refractivity contribution is 0.0750. The van der Waals surface area contributed by atoms with Crippen LogP contribution in [0.2, 0.25) is 0 Å². The van der Waals surface area contributed by atoms with Crippen molar-refractivity contribution in [2.75, 3.05) is 0 Å². The normalized spacial score (nSPS) is 12.9. The quantitative estimate of drug-likeness (QED) is 0.739. The highest BCUT2D eigenvalue weighted by Crippen LogP contribution is 2.25. The summed E-state index contributed by atoms with van der Waals surface area (Å²) < 4.78 is 0. The molecule has 25 heavy (non-hydrogen) atoms. The summed E-state index contributed by atoms with van der Waals surface area (Å²) in [5.74, 6) is 0.710. The van der Waals surface area contributed by atoms with E-state index in [0.29, 0.717) is 24.5 Å². The Morgan fingerprint density at radius 3 is 2.76 bits per heavy atom. The summed E-state index contributed by atoms with van der Waals surface area (Å²) in [6.45, 7) is 3.09. The first kappa shape index (κ1) is 15.4. The second-order valence-electron chi connectivity index (χ2n) is 6.08. The number of hydrogen-bond donors (Lipinski definition) is 0. The number of pyridine rings is 1. The third-order valence-corrected chi connectivity index (χ3v) is 4.40. The van der Waals surface area contributed by atoms with Crippen LogP contribution in [0.4, 0.5) is 0 Å². The molecule has 1 aliphatic heterocycles. The third kappa shape index (κ3) is 3.01. The topological polar surface area (TPSA) is 59.0 Å². The monoisotopic (exact) mass is 330 g/mol. The molecule has 0 saturated heterocycles. The molecule has 0 N–H and O–H groups in total. The molecule has 1 aromatic carbocycles. The maximum Gasteiger partial charge on any atom is 0.254 e. The van der Waals surface area contributed by atoms with Crippen LogP contribution < -0.4 is 0 Å². The number of hydrogen-bond acceptors (Lipinski definition) is 4. The largest absolute Gasteiger partial charge is 0.328 e. The highest BCUT2D eigenvalue weighted by Gasteiger charge is 2.26. The summed E-state index contributed by atoms with van der Waals surface area (Å²) in [5.41, 5.74) is 4.52. The van der Waals surface area contributed by atoms with Crippen molar-refractivity contribution in [2.45, 2.75) is 26.4 Å². The van der Waals surface area contributed by atoms with Gasteiger partial charge in [-0.05, 0) is 18.6 Å². The number of carbonyl (C=O) groups excluding carboxylic acids is 1. The first-order valence-electron chi connectivity index (χ1n) is 8.39. The lowest BCUT2D eigenvalue weighted by Crippen LogP contribution is -2.25. The van der Waals surface area contributed by atoms with E-state index in [-0.39, 0.29) is 5.91 Å². The van der Waals surface area contributed by atoms with Crippen LogP contribution in [-0.4, -0.2) is 25.8 Å². The molecule has 3 heterocycles. The van der Waals surface area contributed by atoms with E-state index in [1.807, 2.05) is 54.4 Å². The summed E-state index contributed by atoms with van der Waals surface area (Å²) in [6, 6.07) is 13.5. The molecule has 5 nitrogen and oxygen atoms in total. The van der Waals surface area contributed by atoms with E-state index in [9.17, 15) is 4.79 Å². The van der Waals surface area contributed by atoms with Crippen LogP contribution >= 0.6 is 0 Å². The Bertz CT molecular complexity index is 924. The molecule has 0 unspecified atom stereocenters. The van der Waals surface area contributed by atoms with Crippen LogP contribution in [0.25, 0.3) is 11.4 Å². The van der Waals surface area contributed by atoms with E-state index in [1.54, 1.807) is 12.3 Å². The maximum absolute atomic E-state index is 12.8. The van der Waals surface area contributed by atoms with Gasteiger partial charge in [-0.15, -0.1) is 0 Å². The Morgan fingerprint density at radius 1 is 1.12 bits per heavy atom. The molecule has 1 aliphatic rings. The number of rotatable bonds is 3. The SMILES string of the molecule is CCc1cc(C(=O)N2Cc3cnc(-c4ccccc4)nc3C2)ccn1. The van der Waals surface area contributed by atoms with E-state index < -0.39 is 0 Å². The van der Waals surface area contributed by atoms with E-state index in [2.05, 4.69) is 15.0 Å². The summed E-state index contributed by atoms with van der Waals surface area (Å²) in [5, 5.41) is 0. The van der Waals surface area contributed by atoms with Crippen LogP contribution in [0.3, 0.4) is 0 Å². The number of benzene rings is 1. The Hall–Kier alpha value is -3.08. The minimum atomic E-state index is 0.0105. The van der Waals surface area contributed by atoms with Gasteiger partial charge in [0.05, 0.1) is 12.2 Å². The van der Waals surface area contributed by atoms with Crippen molar-refractivity contribution in [3.8, 4) is 11.4 Å². The number of nitrogens with zero attached hydrogens (tertiary/aromatic N) is 4. The van der Waals surface area contributed by atoms with Crippen LogP contribution in [0.5, 0.6) is 0 Å². The van der Waals surface area contributed by atoms with Crippen LogP contribution in [0, 0.1) is 0 Å². The van der Waals surface area contributed by atoms with Crippen LogP contribution in [-0.2, 0) is 19.5 Å². The van der Waals surface area contributed by atoms with E-state index >= 15 is 0 Å². The van der Waals surface area contributed by atoms with Crippen molar-refractivity contribution in [2.24, 2.45) is 0 Å². The van der Waals surface area contributed by atoms with Gasteiger partial charge in [0.25, 0.3) is 5.91 Å². The van der Waals surface area contributed by atoms with Gasteiger partial charge in [0.2, 0.25) is 0 Å². The van der Waals surface area contributed by atoms with Gasteiger partial charge in [-0.2, -0.15) is 0 Å². The molecule has 0 saturated carbocycles. The minimum Gasteiger partial charge on any atom is -0.328 e. The van der Waals surface area contributed by atoms with Crippen molar-refractivity contribution < 1.29 is 4.79 Å². The van der Waals surface area contributed by atoms with Gasteiger partial charge in [-0.3, -0.25) is 9.78 Å². The minimum absolute atomic E-state index is 0.0105. The molecule has 4 rings (SSSR count). The van der Waals surface area contributed by atoms with Gasteiger partial charge in [0.1, 0.15) is 0 Å². The van der Waals surface area contributed by atoms with Crippen molar-refractivity contribution in [3.63, 3.8) is 0 Å². The molecule has 0 atom stereocenters. The first-order valence-corrected chi connectivity index (χ1v) is 8.39. The second kappa shape index (κ2) is 6.43. The van der Waals surface area contributed by atoms with Crippen molar-refractivity contribution in [3.05, 3.63) is 77.4 Å². The number of aryl methyl sites for hydroxylation is 1. The second-order valence-corrected chi connectivity index (χ2v) is 6.08. The average molecular weight is 330 g/mol. The lowest BCUT2D eigenvalue weighted by atomic mass is 10.2. The first-order chi connectivity index (χ1) is 12.2. The number of aromatic nitrogens is 3. The van der Waals surface area contributed by atoms with Crippen molar-refractivity contribution >= 4 is 5.91 Å². The molecular weight excluding hydrogens is 312 g/mol.